The van der Waals surface area contributed by atoms with Crippen LogP contribution in [0.25, 0.3) is 0 Å². The predicted molar refractivity (Wildman–Crippen MR) is 38.1 cm³/mol. The molecule has 0 bridgehead atoms. The zero-order valence-electron chi connectivity index (χ0n) is 2.34. The molecule has 0 N–H and O–H groups in total. The highest BCUT2D eigenvalue weighted by atomic mass is 79.9. The largest absolute Gasteiger partial charge is 0.307 e. The third-order valence-electron chi connectivity index (χ3n) is 0. The van der Waals surface area contributed by atoms with E-state index < -0.39 is 0 Å². The molecule has 0 atom stereocenters. The van der Waals surface area contributed by atoms with Crippen molar-refractivity contribution >= 4 is 57.7 Å². The number of rotatable bonds is 0. The maximum Gasteiger partial charge on any atom is 0.106 e. The van der Waals surface area contributed by atoms with Crippen molar-refractivity contribution in [3.63, 3.8) is 0 Å². The van der Waals surface area contributed by atoms with Crippen LogP contribution in [0, 0.1) is 0 Å². The second kappa shape index (κ2) is 70.1. The van der Waals surface area contributed by atoms with Gasteiger partial charge in [-0.05, 0) is 0 Å². The maximum atomic E-state index is 8.00. The van der Waals surface area contributed by atoms with Crippen LogP contribution in [0.4, 0.5) is 0 Å². The highest BCUT2D eigenvalue weighted by Gasteiger charge is 0.636. The van der Waals surface area contributed by atoms with E-state index in [0.29, 0.717) is 0 Å². The van der Waals surface area contributed by atoms with Gasteiger partial charge in [-0.15, -0.1) is 50.9 Å². The lowest BCUT2D eigenvalue weighted by Crippen LogP contribution is -0.925. The summed E-state index contributed by atoms with van der Waals surface area (Å²) in [5, 5.41) is 0. The Hall–Kier alpha value is 1.11. The van der Waals surface area contributed by atoms with Gasteiger partial charge in [0.15, 0.2) is 0 Å². The molecule has 0 aliphatic heterocycles. The van der Waals surface area contributed by atoms with Crippen LogP contribution in [0.3, 0.4) is 0 Å². The summed E-state index contributed by atoms with van der Waals surface area (Å²) in [5.41, 5.74) is 0. The van der Waals surface area contributed by atoms with Crippen molar-refractivity contribution in [3.8, 4) is 0 Å². The molecule has 0 spiro atoms. The normalized spacial score (nSPS) is 0.800. The summed E-state index contributed by atoms with van der Waals surface area (Å²) in [6, 6.07) is 0. The van der Waals surface area contributed by atoms with Crippen LogP contribution in [0.2, 0.25) is 0 Å². The smallest absolute Gasteiger partial charge is 0.106 e. The molecule has 0 unspecified atom stereocenters. The number of hydrogen-bond acceptors (Lipinski definition) is 1. The van der Waals surface area contributed by atoms with Crippen LogP contribution in [0.15, 0.2) is 0 Å². The van der Waals surface area contributed by atoms with E-state index in [4.69, 9.17) is 4.79 Å². The van der Waals surface area contributed by atoms with Crippen molar-refractivity contribution in [1.82, 2.24) is 0 Å². The standard InChI is InChI=1S/CH2O.3BrH/c1-2;;;/h1H2;3*1H. The van der Waals surface area contributed by atoms with Crippen LogP contribution >= 0.6 is 50.9 Å². The first-order valence-electron chi connectivity index (χ1n) is 0.289. The Kier molecular flexibility index (Phi) is 502. The molecule has 0 heterocycles. The van der Waals surface area contributed by atoms with Crippen LogP contribution in [-0.2, 0) is 4.79 Å². The first-order chi connectivity index (χ1) is 1.00. The molecule has 0 amide bonds. The van der Waals surface area contributed by atoms with Gasteiger partial charge in [-0.25, -0.2) is 0 Å². The molecule has 0 fully saturated rings. The highest BCUT2D eigenvalue weighted by Crippen LogP contribution is 0.848. The van der Waals surface area contributed by atoms with Crippen LogP contribution < -0.4 is 0 Å². The number of carbonyl (C=O) groups excluding carboxylic acids is 1. The van der Waals surface area contributed by atoms with Gasteiger partial charge in [0.25, 0.3) is 0 Å². The van der Waals surface area contributed by atoms with E-state index in [9.17, 15) is 0 Å². The lowest BCUT2D eigenvalue weighted by Gasteiger charge is -0.837. The summed E-state index contributed by atoms with van der Waals surface area (Å²) < 4.78 is 0. The van der Waals surface area contributed by atoms with Crippen molar-refractivity contribution in [2.24, 2.45) is 0 Å². The fourth-order valence-corrected chi connectivity index (χ4v) is 0. The van der Waals surface area contributed by atoms with E-state index in [2.05, 4.69) is 0 Å². The van der Waals surface area contributed by atoms with Gasteiger partial charge in [0, 0.05) is 0 Å². The van der Waals surface area contributed by atoms with Crippen molar-refractivity contribution < 1.29 is 4.79 Å². The lowest BCUT2D eigenvalue weighted by atomic mass is 11.9. The summed E-state index contributed by atoms with van der Waals surface area (Å²) in [5.74, 6) is 0. The van der Waals surface area contributed by atoms with E-state index in [0.717, 1.165) is 0 Å². The molecule has 36 valence electrons. The van der Waals surface area contributed by atoms with Gasteiger partial charge in [-0.1, -0.05) is 0 Å². The molecule has 0 aliphatic carbocycles. The van der Waals surface area contributed by atoms with Crippen molar-refractivity contribution in [2.75, 3.05) is 0 Å². The first kappa shape index (κ1) is 35.8. The number of hydrogen-bond donors (Lipinski definition) is 0. The Morgan fingerprint density at radius 2 is 0.800 bits per heavy atom. The van der Waals surface area contributed by atoms with Crippen LogP contribution in [0.1, 0.15) is 0 Å². The fraction of sp³-hybridized carbons (Fsp3) is 0. The predicted octanol–water partition coefficient (Wildman–Crippen LogP) is 1.55. The van der Waals surface area contributed by atoms with E-state index in [1.54, 1.807) is 0 Å². The fourth-order valence-electron chi connectivity index (χ4n) is 0. The molecular formula is CH5Br3O. The monoisotopic (exact) mass is 270 g/mol. The van der Waals surface area contributed by atoms with Crippen molar-refractivity contribution in [3.05, 3.63) is 0 Å². The Labute approximate surface area is 62.4 Å². The third-order valence-corrected chi connectivity index (χ3v) is 0. The summed E-state index contributed by atoms with van der Waals surface area (Å²) in [6.07, 6.45) is 0. The molecule has 0 rings (SSSR count). The average molecular weight is 273 g/mol. The quantitative estimate of drug-likeness (QED) is 0.654. The first-order valence-corrected chi connectivity index (χ1v) is 0.289. The summed E-state index contributed by atoms with van der Waals surface area (Å²) in [6.45, 7) is 2.00. The number of halogens is 3. The number of carbonyl (C=O) groups is 1. The second-order valence-electron chi connectivity index (χ2n) is 0. The van der Waals surface area contributed by atoms with E-state index in [-0.39, 0.29) is 50.9 Å². The van der Waals surface area contributed by atoms with Gasteiger partial charge >= 0.3 is 0 Å². The zero-order chi connectivity index (χ0) is 2.00. The van der Waals surface area contributed by atoms with E-state index in [1.165, 1.54) is 0 Å². The minimum absolute atomic E-state index is 0. The Balaban J connectivity index is -0.00000000167. The molecule has 4 heteroatoms. The molecule has 1 nitrogen and oxygen atoms in total. The molecule has 0 aromatic rings. The topological polar surface area (TPSA) is 17.1 Å². The summed E-state index contributed by atoms with van der Waals surface area (Å²) >= 11 is 0. The molecule has 0 aromatic heterocycles. The van der Waals surface area contributed by atoms with Crippen LogP contribution in [-0.4, -0.2) is 6.79 Å². The Bertz CT molecular complexity index is 6.85. The third kappa shape index (κ3) is 40.1. The SMILES string of the molecule is Br.Br.Br.C=O. The second-order valence-corrected chi connectivity index (χ2v) is 0. The van der Waals surface area contributed by atoms with Crippen LogP contribution in [0.5, 0.6) is 0 Å². The molecular weight excluding hydrogens is 268 g/mol. The zero-order valence-corrected chi connectivity index (χ0v) is 7.48. The minimum Gasteiger partial charge on any atom is -0.307 e. The minimum atomic E-state index is 0. The van der Waals surface area contributed by atoms with Gasteiger partial charge in [-0.2, -0.15) is 0 Å². The van der Waals surface area contributed by atoms with E-state index in [1.807, 2.05) is 6.79 Å². The summed E-state index contributed by atoms with van der Waals surface area (Å²) in [7, 11) is 0. The van der Waals surface area contributed by atoms with Crippen molar-refractivity contribution in [1.29, 1.82) is 0 Å². The van der Waals surface area contributed by atoms with Gasteiger partial charge in [0.1, 0.15) is 6.79 Å². The molecule has 0 saturated heterocycles. The molecule has 0 aromatic carbocycles. The Morgan fingerprint density at radius 1 is 0.800 bits per heavy atom. The van der Waals surface area contributed by atoms with Crippen molar-refractivity contribution in [2.45, 2.75) is 0 Å². The molecule has 0 aliphatic rings. The lowest BCUT2D eigenvalue weighted by molar-refractivity contribution is -0.0979. The molecule has 5 heavy (non-hydrogen) atoms. The highest BCUT2D eigenvalue weighted by molar-refractivity contribution is 8.93. The molecule has 0 saturated carbocycles. The Morgan fingerprint density at radius 3 is 0.800 bits per heavy atom. The van der Waals surface area contributed by atoms with Gasteiger partial charge < -0.3 is 4.79 Å². The van der Waals surface area contributed by atoms with Gasteiger partial charge in [0.05, 0.1) is 0 Å². The summed E-state index contributed by atoms with van der Waals surface area (Å²) in [4.78, 5) is 8.00. The van der Waals surface area contributed by atoms with Gasteiger partial charge in [0.2, 0.25) is 0 Å². The van der Waals surface area contributed by atoms with Gasteiger partial charge in [-0.3, -0.25) is 0 Å². The molecule has 0 radical (unpaired) electrons. The average Bonchev–Trinajstić information content (AvgIpc) is 1.00. The van der Waals surface area contributed by atoms with E-state index >= 15 is 0 Å². The maximum absolute atomic E-state index is 8.00.